The highest BCUT2D eigenvalue weighted by Gasteiger charge is 2.16. The molecule has 0 radical (unpaired) electrons. The van der Waals surface area contributed by atoms with Crippen molar-refractivity contribution >= 4 is 11.0 Å². The van der Waals surface area contributed by atoms with E-state index in [1.807, 2.05) is 36.4 Å². The molecule has 1 unspecified atom stereocenters. The van der Waals surface area contributed by atoms with E-state index in [4.69, 9.17) is 5.84 Å². The van der Waals surface area contributed by atoms with E-state index in [0.29, 0.717) is 0 Å². The monoisotopic (exact) mass is 264 g/mol. The minimum Gasteiger partial charge on any atom is -0.271 e. The van der Waals surface area contributed by atoms with Gasteiger partial charge in [-0.15, -0.1) is 0 Å². The standard InChI is InChI=1S/C16H16N4/c1-11-6-2-3-7-12(11)16(20-17)15-10-18-13-8-4-5-9-14(13)19-15/h2-10,16,20H,17H2,1H3. The first-order valence-corrected chi connectivity index (χ1v) is 6.53. The number of hydrazine groups is 1. The van der Waals surface area contributed by atoms with E-state index in [1.54, 1.807) is 6.20 Å². The number of fused-ring (bicyclic) bond motifs is 1. The van der Waals surface area contributed by atoms with Gasteiger partial charge in [-0.05, 0) is 30.2 Å². The molecule has 0 spiro atoms. The Kier molecular flexibility index (Phi) is 3.41. The van der Waals surface area contributed by atoms with Crippen molar-refractivity contribution in [3.63, 3.8) is 0 Å². The van der Waals surface area contributed by atoms with Crippen LogP contribution in [0.15, 0.2) is 54.7 Å². The zero-order valence-electron chi connectivity index (χ0n) is 11.2. The van der Waals surface area contributed by atoms with E-state index in [-0.39, 0.29) is 6.04 Å². The molecular formula is C16H16N4. The van der Waals surface area contributed by atoms with Crippen molar-refractivity contribution in [1.29, 1.82) is 0 Å². The summed E-state index contributed by atoms with van der Waals surface area (Å²) in [5, 5.41) is 0. The summed E-state index contributed by atoms with van der Waals surface area (Å²) in [4.78, 5) is 9.11. The summed E-state index contributed by atoms with van der Waals surface area (Å²) >= 11 is 0. The molecule has 0 aliphatic heterocycles. The van der Waals surface area contributed by atoms with Gasteiger partial charge in [0, 0.05) is 0 Å². The summed E-state index contributed by atoms with van der Waals surface area (Å²) in [6, 6.07) is 15.8. The first-order valence-electron chi connectivity index (χ1n) is 6.53. The van der Waals surface area contributed by atoms with Gasteiger partial charge in [0.15, 0.2) is 0 Å². The molecule has 0 bridgehead atoms. The van der Waals surface area contributed by atoms with Crippen LogP contribution in [0.25, 0.3) is 11.0 Å². The molecular weight excluding hydrogens is 248 g/mol. The van der Waals surface area contributed by atoms with Crippen LogP contribution in [0, 0.1) is 6.92 Å². The van der Waals surface area contributed by atoms with Crippen LogP contribution in [0.3, 0.4) is 0 Å². The lowest BCUT2D eigenvalue weighted by molar-refractivity contribution is 0.617. The van der Waals surface area contributed by atoms with E-state index in [0.717, 1.165) is 22.3 Å². The number of para-hydroxylation sites is 2. The molecule has 20 heavy (non-hydrogen) atoms. The van der Waals surface area contributed by atoms with E-state index < -0.39 is 0 Å². The number of hydrogen-bond acceptors (Lipinski definition) is 4. The second-order valence-corrected chi connectivity index (χ2v) is 4.74. The molecule has 0 fully saturated rings. The van der Waals surface area contributed by atoms with Crippen LogP contribution in [-0.4, -0.2) is 9.97 Å². The van der Waals surface area contributed by atoms with Gasteiger partial charge in [-0.25, -0.2) is 10.4 Å². The van der Waals surface area contributed by atoms with Crippen molar-refractivity contribution < 1.29 is 0 Å². The average molecular weight is 264 g/mol. The Labute approximate surface area is 117 Å². The Morgan fingerprint density at radius 3 is 2.45 bits per heavy atom. The fraction of sp³-hybridized carbons (Fsp3) is 0.125. The molecule has 1 aromatic heterocycles. The highest BCUT2D eigenvalue weighted by Crippen LogP contribution is 2.23. The van der Waals surface area contributed by atoms with Crippen molar-refractivity contribution in [1.82, 2.24) is 15.4 Å². The van der Waals surface area contributed by atoms with Gasteiger partial charge in [0.05, 0.1) is 29.0 Å². The van der Waals surface area contributed by atoms with E-state index >= 15 is 0 Å². The minimum atomic E-state index is -0.159. The highest BCUT2D eigenvalue weighted by molar-refractivity contribution is 5.73. The molecule has 1 heterocycles. The van der Waals surface area contributed by atoms with E-state index in [2.05, 4.69) is 34.5 Å². The van der Waals surface area contributed by atoms with Crippen molar-refractivity contribution in [2.75, 3.05) is 0 Å². The van der Waals surface area contributed by atoms with Crippen LogP contribution in [0.5, 0.6) is 0 Å². The van der Waals surface area contributed by atoms with Crippen LogP contribution in [-0.2, 0) is 0 Å². The summed E-state index contributed by atoms with van der Waals surface area (Å²) in [5.41, 5.74) is 7.70. The maximum absolute atomic E-state index is 5.73. The quantitative estimate of drug-likeness (QED) is 0.563. The number of benzene rings is 2. The number of rotatable bonds is 3. The molecule has 0 saturated heterocycles. The first kappa shape index (κ1) is 12.7. The van der Waals surface area contributed by atoms with Gasteiger partial charge in [0.1, 0.15) is 0 Å². The smallest absolute Gasteiger partial charge is 0.0899 e. The van der Waals surface area contributed by atoms with Crippen LogP contribution in [0.1, 0.15) is 22.9 Å². The van der Waals surface area contributed by atoms with Gasteiger partial charge in [0.25, 0.3) is 0 Å². The molecule has 0 amide bonds. The van der Waals surface area contributed by atoms with Gasteiger partial charge < -0.3 is 0 Å². The Morgan fingerprint density at radius 1 is 1.00 bits per heavy atom. The second kappa shape index (κ2) is 5.36. The third-order valence-corrected chi connectivity index (χ3v) is 3.43. The predicted molar refractivity (Wildman–Crippen MR) is 79.9 cm³/mol. The normalized spacial score (nSPS) is 12.5. The number of nitrogens with one attached hydrogen (secondary N) is 1. The molecule has 1 atom stereocenters. The lowest BCUT2D eigenvalue weighted by atomic mass is 9.99. The number of aromatic nitrogens is 2. The third kappa shape index (κ3) is 2.27. The van der Waals surface area contributed by atoms with Gasteiger partial charge in [0.2, 0.25) is 0 Å². The highest BCUT2D eigenvalue weighted by atomic mass is 15.2. The SMILES string of the molecule is Cc1ccccc1C(NN)c1cnc2ccccc2n1. The summed E-state index contributed by atoms with van der Waals surface area (Å²) in [5.74, 6) is 5.73. The van der Waals surface area contributed by atoms with E-state index in [1.165, 1.54) is 5.56 Å². The lowest BCUT2D eigenvalue weighted by Crippen LogP contribution is -2.30. The summed E-state index contributed by atoms with van der Waals surface area (Å²) in [6.07, 6.45) is 1.78. The van der Waals surface area contributed by atoms with Crippen LogP contribution in [0.4, 0.5) is 0 Å². The Bertz CT molecular complexity index is 739. The number of nitrogens with two attached hydrogens (primary N) is 1. The second-order valence-electron chi connectivity index (χ2n) is 4.74. The maximum atomic E-state index is 5.73. The first-order chi connectivity index (χ1) is 9.79. The van der Waals surface area contributed by atoms with Crippen LogP contribution < -0.4 is 11.3 Å². The average Bonchev–Trinajstić information content (AvgIpc) is 2.50. The molecule has 4 heteroatoms. The van der Waals surface area contributed by atoms with Crippen molar-refractivity contribution in [3.05, 3.63) is 71.5 Å². The van der Waals surface area contributed by atoms with Gasteiger partial charge in [-0.1, -0.05) is 36.4 Å². The molecule has 4 nitrogen and oxygen atoms in total. The molecule has 3 N–H and O–H groups in total. The Morgan fingerprint density at radius 2 is 1.70 bits per heavy atom. The maximum Gasteiger partial charge on any atom is 0.0899 e. The molecule has 100 valence electrons. The molecule has 0 saturated carbocycles. The van der Waals surface area contributed by atoms with Crippen LogP contribution in [0.2, 0.25) is 0 Å². The predicted octanol–water partition coefficient (Wildman–Crippen LogP) is 2.49. The van der Waals surface area contributed by atoms with Gasteiger partial charge in [-0.2, -0.15) is 0 Å². The number of hydrogen-bond donors (Lipinski definition) is 2. The zero-order valence-corrected chi connectivity index (χ0v) is 11.2. The van der Waals surface area contributed by atoms with Crippen LogP contribution >= 0.6 is 0 Å². The fourth-order valence-electron chi connectivity index (χ4n) is 2.36. The fourth-order valence-corrected chi connectivity index (χ4v) is 2.36. The van der Waals surface area contributed by atoms with Crippen molar-refractivity contribution in [3.8, 4) is 0 Å². The van der Waals surface area contributed by atoms with Gasteiger partial charge >= 0.3 is 0 Å². The summed E-state index contributed by atoms with van der Waals surface area (Å²) in [7, 11) is 0. The Balaban J connectivity index is 2.10. The minimum absolute atomic E-state index is 0.159. The largest absolute Gasteiger partial charge is 0.271 e. The van der Waals surface area contributed by atoms with Crippen molar-refractivity contribution in [2.24, 2.45) is 5.84 Å². The zero-order chi connectivity index (χ0) is 13.9. The molecule has 2 aromatic carbocycles. The topological polar surface area (TPSA) is 63.8 Å². The third-order valence-electron chi connectivity index (χ3n) is 3.43. The lowest BCUT2D eigenvalue weighted by Gasteiger charge is -2.18. The van der Waals surface area contributed by atoms with Crippen molar-refractivity contribution in [2.45, 2.75) is 13.0 Å². The molecule has 0 aliphatic carbocycles. The number of nitrogens with zero attached hydrogens (tertiary/aromatic N) is 2. The number of aryl methyl sites for hydroxylation is 1. The Hall–Kier alpha value is -2.30. The van der Waals surface area contributed by atoms with Gasteiger partial charge in [-0.3, -0.25) is 10.8 Å². The summed E-state index contributed by atoms with van der Waals surface area (Å²) in [6.45, 7) is 2.06. The van der Waals surface area contributed by atoms with E-state index in [9.17, 15) is 0 Å². The summed E-state index contributed by atoms with van der Waals surface area (Å²) < 4.78 is 0. The molecule has 0 aliphatic rings. The molecule has 3 aromatic rings. The molecule has 3 rings (SSSR count).